The van der Waals surface area contributed by atoms with Crippen molar-refractivity contribution >= 4 is 29.0 Å². The normalized spacial score (nSPS) is 16.4. The number of carbonyl (C=O) groups excluding carboxylic acids is 1. The first-order valence-corrected chi connectivity index (χ1v) is 8.20. The highest BCUT2D eigenvalue weighted by molar-refractivity contribution is 6.42. The van der Waals surface area contributed by atoms with Crippen molar-refractivity contribution in [3.8, 4) is 0 Å². The Morgan fingerprint density at radius 2 is 1.90 bits per heavy atom. The molecule has 3 nitrogen and oxygen atoms in total. The molecule has 0 atom stereocenters. The molecule has 0 aliphatic heterocycles. The zero-order chi connectivity index (χ0) is 15.2. The lowest BCUT2D eigenvalue weighted by molar-refractivity contribution is 0.0814. The van der Waals surface area contributed by atoms with Crippen LogP contribution >= 0.6 is 23.2 Å². The first kappa shape index (κ1) is 16.8. The number of carbonyl (C=O) groups is 1. The average Bonchev–Trinajstić information content (AvgIpc) is 2.50. The van der Waals surface area contributed by atoms with Gasteiger partial charge in [0.2, 0.25) is 0 Å². The summed E-state index contributed by atoms with van der Waals surface area (Å²) >= 11 is 11.8. The van der Waals surface area contributed by atoms with Crippen molar-refractivity contribution in [2.24, 2.45) is 0 Å². The second kappa shape index (κ2) is 8.14. The molecule has 0 radical (unpaired) electrons. The summed E-state index contributed by atoms with van der Waals surface area (Å²) in [6.07, 6.45) is 5.88. The summed E-state index contributed by atoms with van der Waals surface area (Å²) in [7, 11) is 0. The van der Waals surface area contributed by atoms with Crippen LogP contribution in [-0.4, -0.2) is 41.5 Å². The van der Waals surface area contributed by atoms with E-state index in [0.29, 0.717) is 34.7 Å². The summed E-state index contributed by atoms with van der Waals surface area (Å²) in [4.78, 5) is 14.5. The third-order valence-electron chi connectivity index (χ3n) is 4.07. The fourth-order valence-electron chi connectivity index (χ4n) is 2.91. The SMILES string of the molecule is O=C(CN(CCO)C1CCCCC1)c1ccc(Cl)c(Cl)c1. The summed E-state index contributed by atoms with van der Waals surface area (Å²) in [5.74, 6) is 0.0209. The highest BCUT2D eigenvalue weighted by Gasteiger charge is 2.23. The maximum Gasteiger partial charge on any atom is 0.176 e. The zero-order valence-electron chi connectivity index (χ0n) is 12.0. The van der Waals surface area contributed by atoms with Crippen LogP contribution in [0.3, 0.4) is 0 Å². The number of hydrogen-bond acceptors (Lipinski definition) is 3. The van der Waals surface area contributed by atoms with Crippen molar-refractivity contribution in [1.82, 2.24) is 4.90 Å². The maximum absolute atomic E-state index is 12.4. The summed E-state index contributed by atoms with van der Waals surface area (Å²) in [5, 5.41) is 10.1. The molecule has 116 valence electrons. The predicted molar refractivity (Wildman–Crippen MR) is 86.3 cm³/mol. The van der Waals surface area contributed by atoms with E-state index in [1.165, 1.54) is 19.3 Å². The van der Waals surface area contributed by atoms with Gasteiger partial charge >= 0.3 is 0 Å². The number of benzene rings is 1. The van der Waals surface area contributed by atoms with Gasteiger partial charge in [-0.2, -0.15) is 0 Å². The van der Waals surface area contributed by atoms with Gasteiger partial charge in [-0.05, 0) is 31.0 Å². The lowest BCUT2D eigenvalue weighted by Crippen LogP contribution is -2.42. The first-order valence-electron chi connectivity index (χ1n) is 7.45. The molecule has 5 heteroatoms. The topological polar surface area (TPSA) is 40.5 Å². The van der Waals surface area contributed by atoms with Crippen LogP contribution in [0.5, 0.6) is 0 Å². The molecular weight excluding hydrogens is 309 g/mol. The van der Waals surface area contributed by atoms with Crippen molar-refractivity contribution < 1.29 is 9.90 Å². The molecule has 21 heavy (non-hydrogen) atoms. The summed E-state index contributed by atoms with van der Waals surface area (Å²) in [6, 6.07) is 5.37. The predicted octanol–water partition coefficient (Wildman–Crippen LogP) is 3.80. The van der Waals surface area contributed by atoms with Crippen molar-refractivity contribution in [3.63, 3.8) is 0 Å². The average molecular weight is 330 g/mol. The van der Waals surface area contributed by atoms with Gasteiger partial charge in [-0.1, -0.05) is 42.5 Å². The third-order valence-corrected chi connectivity index (χ3v) is 4.81. The van der Waals surface area contributed by atoms with Crippen molar-refractivity contribution in [1.29, 1.82) is 0 Å². The molecule has 0 heterocycles. The minimum atomic E-state index is 0.0209. The number of halogens is 2. The Balaban J connectivity index is 2.04. The molecule has 1 N–H and O–H groups in total. The number of aliphatic hydroxyl groups is 1. The smallest absolute Gasteiger partial charge is 0.176 e. The van der Waals surface area contributed by atoms with Gasteiger partial charge in [-0.25, -0.2) is 0 Å². The summed E-state index contributed by atoms with van der Waals surface area (Å²) < 4.78 is 0. The number of nitrogens with zero attached hydrogens (tertiary/aromatic N) is 1. The van der Waals surface area contributed by atoms with Crippen LogP contribution in [0, 0.1) is 0 Å². The van der Waals surface area contributed by atoms with E-state index in [2.05, 4.69) is 4.90 Å². The highest BCUT2D eigenvalue weighted by Crippen LogP contribution is 2.25. The molecule has 1 aliphatic rings. The lowest BCUT2D eigenvalue weighted by Gasteiger charge is -2.33. The van der Waals surface area contributed by atoms with Crippen LogP contribution in [-0.2, 0) is 0 Å². The highest BCUT2D eigenvalue weighted by atomic mass is 35.5. The Hall–Kier alpha value is -0.610. The van der Waals surface area contributed by atoms with Crippen LogP contribution in [0.4, 0.5) is 0 Å². The van der Waals surface area contributed by atoms with Gasteiger partial charge < -0.3 is 5.11 Å². The van der Waals surface area contributed by atoms with Crippen LogP contribution in [0.25, 0.3) is 0 Å². The van der Waals surface area contributed by atoms with Gasteiger partial charge in [0.25, 0.3) is 0 Å². The minimum Gasteiger partial charge on any atom is -0.395 e. The molecule has 1 aromatic rings. The van der Waals surface area contributed by atoms with E-state index in [1.54, 1.807) is 18.2 Å². The monoisotopic (exact) mass is 329 g/mol. The van der Waals surface area contributed by atoms with Gasteiger partial charge in [0.1, 0.15) is 0 Å². The fraction of sp³-hybridized carbons (Fsp3) is 0.562. The van der Waals surface area contributed by atoms with Gasteiger partial charge in [0, 0.05) is 18.2 Å². The lowest BCUT2D eigenvalue weighted by atomic mass is 9.94. The number of aliphatic hydroxyl groups excluding tert-OH is 1. The van der Waals surface area contributed by atoms with Gasteiger partial charge in [0.15, 0.2) is 5.78 Å². The van der Waals surface area contributed by atoms with E-state index in [1.807, 2.05) is 0 Å². The first-order chi connectivity index (χ1) is 10.1. The van der Waals surface area contributed by atoms with E-state index in [9.17, 15) is 9.90 Å². The molecule has 1 fully saturated rings. The van der Waals surface area contributed by atoms with Crippen molar-refractivity contribution in [3.05, 3.63) is 33.8 Å². The molecule has 0 spiro atoms. The van der Waals surface area contributed by atoms with E-state index >= 15 is 0 Å². The Bertz CT molecular complexity index is 487. The Morgan fingerprint density at radius 1 is 1.19 bits per heavy atom. The van der Waals surface area contributed by atoms with Crippen LogP contribution in [0.2, 0.25) is 10.0 Å². The molecule has 1 aromatic carbocycles. The van der Waals surface area contributed by atoms with Crippen molar-refractivity contribution in [2.45, 2.75) is 38.1 Å². The van der Waals surface area contributed by atoms with Gasteiger partial charge in [0.05, 0.1) is 23.2 Å². The third kappa shape index (κ3) is 4.68. The molecule has 0 amide bonds. The molecule has 0 bridgehead atoms. The minimum absolute atomic E-state index is 0.0209. The Kier molecular flexibility index (Phi) is 6.49. The van der Waals surface area contributed by atoms with E-state index in [0.717, 1.165) is 12.8 Å². The largest absolute Gasteiger partial charge is 0.395 e. The molecule has 0 saturated heterocycles. The zero-order valence-corrected chi connectivity index (χ0v) is 13.5. The van der Waals surface area contributed by atoms with Crippen LogP contribution in [0.1, 0.15) is 42.5 Å². The number of ketones is 1. The quantitative estimate of drug-likeness (QED) is 0.807. The maximum atomic E-state index is 12.4. The van der Waals surface area contributed by atoms with Crippen molar-refractivity contribution in [2.75, 3.05) is 19.7 Å². The van der Waals surface area contributed by atoms with Gasteiger partial charge in [-0.15, -0.1) is 0 Å². The molecule has 0 unspecified atom stereocenters. The number of Topliss-reactive ketones (excluding diaryl/α,β-unsaturated/α-hetero) is 1. The molecule has 0 aromatic heterocycles. The van der Waals surface area contributed by atoms with E-state index in [-0.39, 0.29) is 12.4 Å². The fourth-order valence-corrected chi connectivity index (χ4v) is 3.21. The van der Waals surface area contributed by atoms with E-state index in [4.69, 9.17) is 23.2 Å². The molecular formula is C16H21Cl2NO2. The summed E-state index contributed by atoms with van der Waals surface area (Å²) in [5.41, 5.74) is 0.572. The van der Waals surface area contributed by atoms with Crippen LogP contribution < -0.4 is 0 Å². The number of rotatable bonds is 6. The summed E-state index contributed by atoms with van der Waals surface area (Å²) in [6.45, 7) is 0.937. The second-order valence-electron chi connectivity index (χ2n) is 5.54. The van der Waals surface area contributed by atoms with E-state index < -0.39 is 0 Å². The number of hydrogen-bond donors (Lipinski definition) is 1. The van der Waals surface area contributed by atoms with Crippen LogP contribution in [0.15, 0.2) is 18.2 Å². The second-order valence-corrected chi connectivity index (χ2v) is 6.35. The molecule has 2 rings (SSSR count). The Labute approximate surface area is 135 Å². The van der Waals surface area contributed by atoms with Gasteiger partial charge in [-0.3, -0.25) is 9.69 Å². The Morgan fingerprint density at radius 3 is 2.52 bits per heavy atom. The molecule has 1 aliphatic carbocycles. The molecule has 1 saturated carbocycles. The standard InChI is InChI=1S/C16H21Cl2NO2/c17-14-7-6-12(10-15(14)18)16(21)11-19(8-9-20)13-4-2-1-3-5-13/h6-7,10,13,20H,1-5,8-9,11H2.